The molecular formula is C9H16N4OS. The fourth-order valence-electron chi connectivity index (χ4n) is 1.18. The SMILES string of the molecule is CCC(CSC)NC(=O)c1cc(N)n[nH]1. The second-order valence-electron chi connectivity index (χ2n) is 3.24. The molecule has 6 heteroatoms. The highest BCUT2D eigenvalue weighted by molar-refractivity contribution is 7.98. The molecule has 0 aliphatic rings. The number of rotatable bonds is 5. The number of nitrogens with zero attached hydrogens (tertiary/aromatic N) is 1. The van der Waals surface area contributed by atoms with Crippen LogP contribution in [0.3, 0.4) is 0 Å². The van der Waals surface area contributed by atoms with Crippen LogP contribution < -0.4 is 11.1 Å². The van der Waals surface area contributed by atoms with E-state index < -0.39 is 0 Å². The molecule has 0 radical (unpaired) electrons. The zero-order valence-corrected chi connectivity index (χ0v) is 9.73. The standard InChI is InChI=1S/C9H16N4OS/c1-3-6(5-15-2)11-9(14)7-4-8(10)13-12-7/h4,6H,3,5H2,1-2H3,(H,11,14)(H3,10,12,13). The van der Waals surface area contributed by atoms with E-state index in [1.54, 1.807) is 11.8 Å². The Labute approximate surface area is 93.2 Å². The second kappa shape index (κ2) is 5.65. The molecule has 0 aliphatic carbocycles. The number of hydrogen-bond acceptors (Lipinski definition) is 4. The van der Waals surface area contributed by atoms with Gasteiger partial charge in [-0.25, -0.2) is 0 Å². The molecule has 5 nitrogen and oxygen atoms in total. The number of nitrogens with two attached hydrogens (primary N) is 1. The summed E-state index contributed by atoms with van der Waals surface area (Å²) in [6.45, 7) is 2.04. The van der Waals surface area contributed by atoms with Crippen LogP contribution in [0.4, 0.5) is 5.82 Å². The average molecular weight is 228 g/mol. The molecule has 15 heavy (non-hydrogen) atoms. The molecular weight excluding hydrogens is 212 g/mol. The van der Waals surface area contributed by atoms with Gasteiger partial charge in [0.25, 0.3) is 5.91 Å². The first-order valence-electron chi connectivity index (χ1n) is 4.78. The normalized spacial score (nSPS) is 12.4. The molecule has 1 unspecified atom stereocenters. The molecule has 0 saturated heterocycles. The fraction of sp³-hybridized carbons (Fsp3) is 0.556. The van der Waals surface area contributed by atoms with Gasteiger partial charge in [-0.15, -0.1) is 0 Å². The quantitative estimate of drug-likeness (QED) is 0.698. The van der Waals surface area contributed by atoms with Crippen LogP contribution >= 0.6 is 11.8 Å². The largest absolute Gasteiger partial charge is 0.382 e. The summed E-state index contributed by atoms with van der Waals surface area (Å²) in [7, 11) is 0. The molecule has 1 rings (SSSR count). The summed E-state index contributed by atoms with van der Waals surface area (Å²) in [6, 6.07) is 1.72. The van der Waals surface area contributed by atoms with Crippen molar-refractivity contribution >= 4 is 23.5 Å². The van der Waals surface area contributed by atoms with Crippen LogP contribution in [0, 0.1) is 0 Å². The Morgan fingerprint density at radius 2 is 2.53 bits per heavy atom. The number of nitrogens with one attached hydrogen (secondary N) is 2. The smallest absolute Gasteiger partial charge is 0.269 e. The van der Waals surface area contributed by atoms with Crippen LogP contribution in [0.15, 0.2) is 6.07 Å². The monoisotopic (exact) mass is 228 g/mol. The maximum absolute atomic E-state index is 11.7. The predicted octanol–water partition coefficient (Wildman–Crippen LogP) is 0.863. The van der Waals surface area contributed by atoms with E-state index in [2.05, 4.69) is 15.5 Å². The van der Waals surface area contributed by atoms with Crippen molar-refractivity contribution in [1.29, 1.82) is 0 Å². The van der Waals surface area contributed by atoms with E-state index in [0.29, 0.717) is 11.5 Å². The van der Waals surface area contributed by atoms with Crippen molar-refractivity contribution in [3.8, 4) is 0 Å². The van der Waals surface area contributed by atoms with Gasteiger partial charge in [-0.05, 0) is 12.7 Å². The third-order valence-electron chi connectivity index (χ3n) is 2.04. The molecule has 4 N–H and O–H groups in total. The number of H-pyrrole nitrogens is 1. The van der Waals surface area contributed by atoms with E-state index in [-0.39, 0.29) is 11.9 Å². The Balaban J connectivity index is 2.54. The Bertz CT molecular complexity index is 326. The van der Waals surface area contributed by atoms with Gasteiger partial charge in [-0.1, -0.05) is 6.92 Å². The molecule has 0 saturated carbocycles. The van der Waals surface area contributed by atoms with Gasteiger partial charge >= 0.3 is 0 Å². The zero-order chi connectivity index (χ0) is 11.3. The summed E-state index contributed by atoms with van der Waals surface area (Å²) in [5.74, 6) is 1.09. The van der Waals surface area contributed by atoms with E-state index in [4.69, 9.17) is 5.73 Å². The Kier molecular flexibility index (Phi) is 4.48. The number of hydrogen-bond donors (Lipinski definition) is 3. The minimum atomic E-state index is -0.153. The third-order valence-corrected chi connectivity index (χ3v) is 2.77. The molecule has 0 spiro atoms. The van der Waals surface area contributed by atoms with Crippen molar-refractivity contribution in [3.05, 3.63) is 11.8 Å². The topological polar surface area (TPSA) is 83.8 Å². The molecule has 1 aromatic rings. The van der Waals surface area contributed by atoms with Gasteiger partial charge in [-0.2, -0.15) is 16.9 Å². The number of amides is 1. The summed E-state index contributed by atoms with van der Waals surface area (Å²) in [6.07, 6.45) is 2.93. The summed E-state index contributed by atoms with van der Waals surface area (Å²) in [5.41, 5.74) is 5.82. The first-order valence-corrected chi connectivity index (χ1v) is 6.17. The molecule has 0 aliphatic heterocycles. The number of aromatic nitrogens is 2. The van der Waals surface area contributed by atoms with Gasteiger partial charge in [0.15, 0.2) is 0 Å². The maximum atomic E-state index is 11.7. The lowest BCUT2D eigenvalue weighted by molar-refractivity contribution is 0.0935. The van der Waals surface area contributed by atoms with Crippen molar-refractivity contribution in [2.24, 2.45) is 0 Å². The molecule has 0 fully saturated rings. The van der Waals surface area contributed by atoms with Gasteiger partial charge in [0, 0.05) is 17.9 Å². The Morgan fingerprint density at radius 3 is 3.00 bits per heavy atom. The van der Waals surface area contributed by atoms with Crippen LogP contribution in [0.1, 0.15) is 23.8 Å². The van der Waals surface area contributed by atoms with Crippen molar-refractivity contribution in [2.45, 2.75) is 19.4 Å². The molecule has 1 heterocycles. The minimum Gasteiger partial charge on any atom is -0.382 e. The van der Waals surface area contributed by atoms with E-state index >= 15 is 0 Å². The van der Waals surface area contributed by atoms with Gasteiger partial charge in [0.05, 0.1) is 0 Å². The Hall–Kier alpha value is -1.17. The number of carbonyl (C=O) groups is 1. The van der Waals surface area contributed by atoms with Crippen LogP contribution in [-0.4, -0.2) is 34.2 Å². The van der Waals surface area contributed by atoms with Crippen molar-refractivity contribution < 1.29 is 4.79 Å². The lowest BCUT2D eigenvalue weighted by Crippen LogP contribution is -2.36. The highest BCUT2D eigenvalue weighted by Crippen LogP contribution is 2.04. The Morgan fingerprint density at radius 1 is 1.80 bits per heavy atom. The first kappa shape index (κ1) is 11.9. The van der Waals surface area contributed by atoms with E-state index in [9.17, 15) is 4.79 Å². The van der Waals surface area contributed by atoms with Gasteiger partial charge in [0.2, 0.25) is 0 Å². The van der Waals surface area contributed by atoms with Gasteiger partial charge in [0.1, 0.15) is 11.5 Å². The highest BCUT2D eigenvalue weighted by Gasteiger charge is 2.13. The van der Waals surface area contributed by atoms with E-state index in [1.165, 1.54) is 6.07 Å². The highest BCUT2D eigenvalue weighted by atomic mass is 32.2. The van der Waals surface area contributed by atoms with Crippen LogP contribution in [0.25, 0.3) is 0 Å². The molecule has 0 aromatic carbocycles. The molecule has 1 amide bonds. The fourth-order valence-corrected chi connectivity index (χ4v) is 1.90. The number of aromatic amines is 1. The summed E-state index contributed by atoms with van der Waals surface area (Å²) in [4.78, 5) is 11.7. The molecule has 0 bridgehead atoms. The van der Waals surface area contributed by atoms with E-state index in [1.807, 2.05) is 13.2 Å². The summed E-state index contributed by atoms with van der Waals surface area (Å²) < 4.78 is 0. The molecule has 1 aromatic heterocycles. The minimum absolute atomic E-state index is 0.153. The lowest BCUT2D eigenvalue weighted by Gasteiger charge is -2.14. The summed E-state index contributed by atoms with van der Waals surface area (Å²) >= 11 is 1.71. The molecule has 1 atom stereocenters. The second-order valence-corrected chi connectivity index (χ2v) is 4.15. The van der Waals surface area contributed by atoms with Crippen molar-refractivity contribution in [1.82, 2.24) is 15.5 Å². The van der Waals surface area contributed by atoms with Crippen LogP contribution in [0.5, 0.6) is 0 Å². The number of anilines is 1. The number of nitrogen functional groups attached to an aromatic ring is 1. The summed E-state index contributed by atoms with van der Waals surface area (Å²) in [5, 5.41) is 9.20. The van der Waals surface area contributed by atoms with Crippen LogP contribution in [-0.2, 0) is 0 Å². The third kappa shape index (κ3) is 3.47. The average Bonchev–Trinajstić information content (AvgIpc) is 2.64. The van der Waals surface area contributed by atoms with Crippen molar-refractivity contribution in [2.75, 3.05) is 17.7 Å². The predicted molar refractivity (Wildman–Crippen MR) is 62.9 cm³/mol. The number of thioether (sulfide) groups is 1. The van der Waals surface area contributed by atoms with E-state index in [0.717, 1.165) is 12.2 Å². The van der Waals surface area contributed by atoms with Gasteiger partial charge in [-0.3, -0.25) is 9.89 Å². The number of carbonyl (C=O) groups excluding carboxylic acids is 1. The molecule has 84 valence electrons. The van der Waals surface area contributed by atoms with Crippen molar-refractivity contribution in [3.63, 3.8) is 0 Å². The first-order chi connectivity index (χ1) is 7.17. The lowest BCUT2D eigenvalue weighted by atomic mass is 10.2. The van der Waals surface area contributed by atoms with Gasteiger partial charge < -0.3 is 11.1 Å². The zero-order valence-electron chi connectivity index (χ0n) is 8.91. The van der Waals surface area contributed by atoms with Crippen LogP contribution in [0.2, 0.25) is 0 Å². The maximum Gasteiger partial charge on any atom is 0.269 e.